The molecule has 0 atom stereocenters. The molecule has 0 bridgehead atoms. The van der Waals surface area contributed by atoms with Crippen LogP contribution in [0.4, 0.5) is 0 Å². The molecule has 0 fully saturated rings. The second kappa shape index (κ2) is 8.78. The molecule has 0 N–H and O–H groups in total. The van der Waals surface area contributed by atoms with Gasteiger partial charge < -0.3 is 14.2 Å². The third kappa shape index (κ3) is 4.63. The molecule has 0 amide bonds. The van der Waals surface area contributed by atoms with Crippen molar-refractivity contribution in [3.8, 4) is 11.5 Å². The van der Waals surface area contributed by atoms with Gasteiger partial charge in [0, 0.05) is 23.1 Å². The molecule has 0 spiro atoms. The minimum atomic E-state index is -0.285. The highest BCUT2D eigenvalue weighted by Crippen LogP contribution is 2.47. The lowest BCUT2D eigenvalue weighted by molar-refractivity contribution is -0.142. The number of carbonyl (C=O) groups excluding carboxylic acids is 1. The van der Waals surface area contributed by atoms with E-state index in [0.29, 0.717) is 6.61 Å². The second-order valence-corrected chi connectivity index (χ2v) is 9.59. The lowest BCUT2D eigenvalue weighted by atomic mass is 9.81. The predicted molar refractivity (Wildman–Crippen MR) is 129 cm³/mol. The Labute approximate surface area is 196 Å². The number of methoxy groups -OCH3 is 1. The van der Waals surface area contributed by atoms with Crippen molar-refractivity contribution in [3.63, 3.8) is 0 Å². The van der Waals surface area contributed by atoms with Crippen LogP contribution in [0.2, 0.25) is 0 Å². The Morgan fingerprint density at radius 3 is 2.44 bits per heavy atom. The van der Waals surface area contributed by atoms with E-state index in [1.54, 1.807) is 7.11 Å². The van der Waals surface area contributed by atoms with E-state index in [0.717, 1.165) is 41.2 Å². The minimum absolute atomic E-state index is 0. The van der Waals surface area contributed by atoms with Crippen molar-refractivity contribution < 1.29 is 19.0 Å². The summed E-state index contributed by atoms with van der Waals surface area (Å²) in [7, 11) is 1.70. The first kappa shape index (κ1) is 24.1. The van der Waals surface area contributed by atoms with Gasteiger partial charge in [-0.2, -0.15) is 0 Å². The van der Waals surface area contributed by atoms with Crippen molar-refractivity contribution in [3.05, 3.63) is 58.1 Å². The molecule has 2 aromatic rings. The number of halogens is 1. The lowest BCUT2D eigenvalue weighted by Gasteiger charge is -2.31. The molecule has 32 heavy (non-hydrogen) atoms. The molecule has 2 heterocycles. The summed E-state index contributed by atoms with van der Waals surface area (Å²) in [5.41, 5.74) is 6.02. The first-order chi connectivity index (χ1) is 14.6. The second-order valence-electron chi connectivity index (χ2n) is 9.59. The van der Waals surface area contributed by atoms with Crippen LogP contribution in [-0.4, -0.2) is 36.5 Å². The molecule has 2 aliphatic rings. The summed E-state index contributed by atoms with van der Waals surface area (Å²) < 4.78 is 17.0. The Kier molecular flexibility index (Phi) is 6.62. The summed E-state index contributed by atoms with van der Waals surface area (Å²) in [6.07, 6.45) is 1.93. The monoisotopic (exact) mass is 457 g/mol. The van der Waals surface area contributed by atoms with Crippen LogP contribution in [0.1, 0.15) is 62.4 Å². The average molecular weight is 458 g/mol. The van der Waals surface area contributed by atoms with Crippen LogP contribution in [0.25, 0.3) is 0 Å². The largest absolute Gasteiger partial charge is 0.493 e. The predicted octanol–water partition coefficient (Wildman–Crippen LogP) is 5.11. The van der Waals surface area contributed by atoms with E-state index in [4.69, 9.17) is 19.2 Å². The van der Waals surface area contributed by atoms with E-state index >= 15 is 0 Å². The standard InChI is InChI=1S/C26H31NO4.ClH/c1-7-30-21(28)12-16-8-10-17(11-9-16)23-22-18(14-25(2,3)27-23)13-20(29-6)24-19(22)15-26(4,5)31-24;/h8-11,13H,7,12,14-15H2,1-6H3;1H. The molecular formula is C26H32ClNO4. The molecule has 0 saturated carbocycles. The maximum absolute atomic E-state index is 11.8. The van der Waals surface area contributed by atoms with Crippen molar-refractivity contribution in [1.29, 1.82) is 0 Å². The Balaban J connectivity index is 0.00000289. The average Bonchev–Trinajstić information content (AvgIpc) is 3.01. The number of ether oxygens (including phenoxy) is 3. The van der Waals surface area contributed by atoms with Gasteiger partial charge in [-0.05, 0) is 58.2 Å². The summed E-state index contributed by atoms with van der Waals surface area (Å²) >= 11 is 0. The Morgan fingerprint density at radius 2 is 1.81 bits per heavy atom. The van der Waals surface area contributed by atoms with E-state index in [2.05, 4.69) is 45.9 Å². The number of hydrogen-bond donors (Lipinski definition) is 0. The molecule has 0 aromatic heterocycles. The normalized spacial score (nSPS) is 17.2. The molecule has 6 heteroatoms. The summed E-state index contributed by atoms with van der Waals surface area (Å²) in [4.78, 5) is 17.0. The van der Waals surface area contributed by atoms with Crippen molar-refractivity contribution >= 4 is 24.1 Å². The van der Waals surface area contributed by atoms with Gasteiger partial charge in [0.1, 0.15) is 5.60 Å². The van der Waals surface area contributed by atoms with E-state index in [1.807, 2.05) is 19.1 Å². The van der Waals surface area contributed by atoms with Crippen molar-refractivity contribution in [2.24, 2.45) is 4.99 Å². The molecule has 4 rings (SSSR count). The van der Waals surface area contributed by atoms with Crippen LogP contribution in [0.15, 0.2) is 35.3 Å². The minimum Gasteiger partial charge on any atom is -0.493 e. The van der Waals surface area contributed by atoms with Gasteiger partial charge in [0.2, 0.25) is 0 Å². The van der Waals surface area contributed by atoms with E-state index in [1.165, 1.54) is 16.7 Å². The SMILES string of the molecule is CCOC(=O)Cc1ccc(C2=NC(C)(C)Cc3cc(OC)c4c(c32)CC(C)(C)O4)cc1.Cl. The third-order valence-corrected chi connectivity index (χ3v) is 5.78. The number of hydrogen-bond acceptors (Lipinski definition) is 5. The highest BCUT2D eigenvalue weighted by atomic mass is 35.5. The van der Waals surface area contributed by atoms with Crippen LogP contribution < -0.4 is 9.47 Å². The maximum Gasteiger partial charge on any atom is 0.310 e. The zero-order chi connectivity index (χ0) is 22.4. The van der Waals surface area contributed by atoms with Gasteiger partial charge in [0.25, 0.3) is 0 Å². The molecule has 5 nitrogen and oxygen atoms in total. The van der Waals surface area contributed by atoms with Crippen molar-refractivity contribution in [2.45, 2.75) is 65.0 Å². The number of aliphatic imine (C=N–C) groups is 1. The van der Waals surface area contributed by atoms with Gasteiger partial charge >= 0.3 is 5.97 Å². The summed E-state index contributed by atoms with van der Waals surface area (Å²) in [5, 5.41) is 0. The molecule has 0 aliphatic carbocycles. The van der Waals surface area contributed by atoms with Crippen molar-refractivity contribution in [1.82, 2.24) is 0 Å². The highest BCUT2D eigenvalue weighted by Gasteiger charge is 2.39. The van der Waals surface area contributed by atoms with Gasteiger partial charge in [0.05, 0.1) is 31.4 Å². The van der Waals surface area contributed by atoms with Crippen LogP contribution in [0.5, 0.6) is 11.5 Å². The number of esters is 1. The molecule has 0 radical (unpaired) electrons. The van der Waals surface area contributed by atoms with Gasteiger partial charge in [-0.25, -0.2) is 0 Å². The Hall–Kier alpha value is -2.53. The summed E-state index contributed by atoms with van der Waals surface area (Å²) in [6.45, 7) is 10.7. The molecule has 0 unspecified atom stereocenters. The van der Waals surface area contributed by atoms with Crippen molar-refractivity contribution in [2.75, 3.05) is 13.7 Å². The number of fused-ring (bicyclic) bond motifs is 3. The van der Waals surface area contributed by atoms with Crippen LogP contribution in [0, 0.1) is 0 Å². The zero-order valence-electron chi connectivity index (χ0n) is 19.7. The van der Waals surface area contributed by atoms with Gasteiger partial charge in [0.15, 0.2) is 11.5 Å². The first-order valence-electron chi connectivity index (χ1n) is 10.9. The Bertz CT molecular complexity index is 1050. The maximum atomic E-state index is 11.8. The smallest absolute Gasteiger partial charge is 0.310 e. The topological polar surface area (TPSA) is 57.1 Å². The van der Waals surface area contributed by atoms with Crippen LogP contribution in [-0.2, 0) is 28.8 Å². The van der Waals surface area contributed by atoms with E-state index in [9.17, 15) is 4.79 Å². The van der Waals surface area contributed by atoms with Gasteiger partial charge in [-0.3, -0.25) is 9.79 Å². The first-order valence-corrected chi connectivity index (χ1v) is 10.9. The molecule has 2 aromatic carbocycles. The van der Waals surface area contributed by atoms with E-state index < -0.39 is 0 Å². The fourth-order valence-electron chi connectivity index (χ4n) is 4.59. The molecule has 0 saturated heterocycles. The quantitative estimate of drug-likeness (QED) is 0.585. The van der Waals surface area contributed by atoms with E-state index in [-0.39, 0.29) is 35.9 Å². The molecular weight excluding hydrogens is 426 g/mol. The van der Waals surface area contributed by atoms with Gasteiger partial charge in [-0.15, -0.1) is 12.4 Å². The fourth-order valence-corrected chi connectivity index (χ4v) is 4.59. The fraction of sp³-hybridized carbons (Fsp3) is 0.462. The lowest BCUT2D eigenvalue weighted by Crippen LogP contribution is -2.30. The number of nitrogens with zero attached hydrogens (tertiary/aromatic N) is 1. The van der Waals surface area contributed by atoms with Gasteiger partial charge in [-0.1, -0.05) is 24.3 Å². The number of carbonyl (C=O) groups is 1. The Morgan fingerprint density at radius 1 is 1.12 bits per heavy atom. The third-order valence-electron chi connectivity index (χ3n) is 5.78. The summed E-state index contributed by atoms with van der Waals surface area (Å²) in [6, 6.07) is 10.2. The highest BCUT2D eigenvalue weighted by molar-refractivity contribution is 6.16. The number of benzene rings is 2. The molecule has 172 valence electrons. The summed E-state index contributed by atoms with van der Waals surface area (Å²) in [5.74, 6) is 1.42. The van der Waals surface area contributed by atoms with Crippen LogP contribution in [0.3, 0.4) is 0 Å². The zero-order valence-corrected chi connectivity index (χ0v) is 20.5. The molecule has 2 aliphatic heterocycles. The number of rotatable bonds is 5. The van der Waals surface area contributed by atoms with Crippen LogP contribution >= 0.6 is 12.4 Å².